The second kappa shape index (κ2) is 6.31. The molecule has 0 radical (unpaired) electrons. The van der Waals surface area contributed by atoms with Crippen molar-refractivity contribution in [2.75, 3.05) is 12.4 Å². The Morgan fingerprint density at radius 1 is 1.19 bits per heavy atom. The molecule has 2 rings (SSSR count). The van der Waals surface area contributed by atoms with E-state index in [1.165, 1.54) is 15.3 Å². The number of anilines is 1. The van der Waals surface area contributed by atoms with E-state index in [1.54, 1.807) is 7.05 Å². The number of rotatable bonds is 4. The van der Waals surface area contributed by atoms with Crippen molar-refractivity contribution < 1.29 is 4.79 Å². The summed E-state index contributed by atoms with van der Waals surface area (Å²) in [6, 6.07) is 8.19. The van der Waals surface area contributed by atoms with Crippen molar-refractivity contribution in [3.63, 3.8) is 0 Å². The summed E-state index contributed by atoms with van der Waals surface area (Å²) in [6.07, 6.45) is 0. The number of benzene rings is 1. The van der Waals surface area contributed by atoms with Crippen LogP contribution in [0.5, 0.6) is 0 Å². The van der Waals surface area contributed by atoms with E-state index in [2.05, 4.69) is 44.4 Å². The van der Waals surface area contributed by atoms with Crippen LogP contribution >= 0.6 is 11.3 Å². The molecule has 0 aliphatic rings. The molecular weight excluding hydrogens is 280 g/mol. The van der Waals surface area contributed by atoms with Crippen molar-refractivity contribution in [2.24, 2.45) is 0 Å². The highest BCUT2D eigenvalue weighted by atomic mass is 32.1. The second-order valence-electron chi connectivity index (χ2n) is 5.34. The van der Waals surface area contributed by atoms with Gasteiger partial charge >= 0.3 is 0 Å². The lowest BCUT2D eigenvalue weighted by molar-refractivity contribution is 0.0963. The van der Waals surface area contributed by atoms with Crippen LogP contribution in [0.4, 0.5) is 5.69 Å². The van der Waals surface area contributed by atoms with Gasteiger partial charge in [-0.1, -0.05) is 6.07 Å². The van der Waals surface area contributed by atoms with E-state index in [0.29, 0.717) is 5.56 Å². The molecule has 0 fully saturated rings. The van der Waals surface area contributed by atoms with Gasteiger partial charge < -0.3 is 10.6 Å². The summed E-state index contributed by atoms with van der Waals surface area (Å²) in [5, 5.41) is 6.19. The van der Waals surface area contributed by atoms with Gasteiger partial charge in [-0.3, -0.25) is 4.79 Å². The number of carbonyl (C=O) groups excluding carboxylic acids is 1. The molecule has 1 aromatic heterocycles. The van der Waals surface area contributed by atoms with Crippen molar-refractivity contribution in [1.82, 2.24) is 5.32 Å². The molecular formula is C17H22N2OS. The van der Waals surface area contributed by atoms with Crippen LogP contribution in [-0.2, 0) is 0 Å². The predicted molar refractivity (Wildman–Crippen MR) is 90.4 cm³/mol. The van der Waals surface area contributed by atoms with E-state index in [-0.39, 0.29) is 11.9 Å². The van der Waals surface area contributed by atoms with Gasteiger partial charge in [0.25, 0.3) is 5.91 Å². The first-order chi connectivity index (χ1) is 9.92. The number of thiophene rings is 1. The van der Waals surface area contributed by atoms with Gasteiger partial charge in [-0.15, -0.1) is 11.3 Å². The Morgan fingerprint density at radius 2 is 1.90 bits per heavy atom. The Morgan fingerprint density at radius 3 is 2.48 bits per heavy atom. The molecule has 0 aliphatic heterocycles. The first-order valence-electron chi connectivity index (χ1n) is 7.08. The largest absolute Gasteiger partial charge is 0.378 e. The van der Waals surface area contributed by atoms with Crippen LogP contribution in [0.15, 0.2) is 24.3 Å². The molecule has 1 amide bonds. The highest BCUT2D eigenvalue weighted by Crippen LogP contribution is 2.29. The van der Waals surface area contributed by atoms with E-state index in [1.807, 2.05) is 29.5 Å². The van der Waals surface area contributed by atoms with Crippen LogP contribution in [0.25, 0.3) is 0 Å². The van der Waals surface area contributed by atoms with Crippen molar-refractivity contribution >= 4 is 22.9 Å². The average molecular weight is 302 g/mol. The van der Waals surface area contributed by atoms with E-state index in [9.17, 15) is 4.79 Å². The van der Waals surface area contributed by atoms with Crippen molar-refractivity contribution in [3.05, 3.63) is 50.7 Å². The number of hydrogen-bond donors (Lipinski definition) is 2. The molecule has 1 aromatic carbocycles. The summed E-state index contributed by atoms with van der Waals surface area (Å²) in [5.74, 6) is -0.0618. The van der Waals surface area contributed by atoms with E-state index >= 15 is 0 Å². The Hall–Kier alpha value is -1.81. The fraction of sp³-hybridized carbons (Fsp3) is 0.353. The topological polar surface area (TPSA) is 41.1 Å². The summed E-state index contributed by atoms with van der Waals surface area (Å²) in [7, 11) is 1.65. The number of aryl methyl sites for hydroxylation is 3. The standard InChI is InChI=1S/C17H22N2OS/c1-10-6-7-14(17(20)18-5)9-16(10)19-12(3)15-8-11(2)21-13(15)4/h6-9,12,19H,1-5H3,(H,18,20). The smallest absolute Gasteiger partial charge is 0.251 e. The van der Waals surface area contributed by atoms with E-state index in [0.717, 1.165) is 11.3 Å². The summed E-state index contributed by atoms with van der Waals surface area (Å²) in [5.41, 5.74) is 4.14. The molecule has 0 spiro atoms. The molecule has 0 saturated heterocycles. The number of carbonyl (C=O) groups is 1. The minimum Gasteiger partial charge on any atom is -0.378 e. The summed E-state index contributed by atoms with van der Waals surface area (Å²) < 4.78 is 0. The molecule has 0 aliphatic carbocycles. The van der Waals surface area contributed by atoms with Gasteiger partial charge in [-0.2, -0.15) is 0 Å². The Labute approximate surface area is 130 Å². The lowest BCUT2D eigenvalue weighted by Crippen LogP contribution is -2.18. The van der Waals surface area contributed by atoms with Gasteiger partial charge in [-0.25, -0.2) is 0 Å². The maximum Gasteiger partial charge on any atom is 0.251 e. The maximum absolute atomic E-state index is 11.8. The van der Waals surface area contributed by atoms with Crippen LogP contribution in [0.2, 0.25) is 0 Å². The SMILES string of the molecule is CNC(=O)c1ccc(C)c(NC(C)c2cc(C)sc2C)c1. The third-order valence-electron chi connectivity index (χ3n) is 3.64. The van der Waals surface area contributed by atoms with Gasteiger partial charge in [0, 0.05) is 34.1 Å². The average Bonchev–Trinajstić information content (AvgIpc) is 2.79. The van der Waals surface area contributed by atoms with Crippen LogP contribution in [-0.4, -0.2) is 13.0 Å². The molecule has 3 nitrogen and oxygen atoms in total. The Kier molecular flexibility index (Phi) is 4.68. The van der Waals surface area contributed by atoms with Crippen molar-refractivity contribution in [3.8, 4) is 0 Å². The maximum atomic E-state index is 11.8. The fourth-order valence-corrected chi connectivity index (χ4v) is 3.48. The minimum absolute atomic E-state index is 0.0618. The van der Waals surface area contributed by atoms with Gasteiger partial charge in [-0.05, 0) is 57.0 Å². The number of hydrogen-bond acceptors (Lipinski definition) is 3. The molecule has 1 heterocycles. The van der Waals surface area contributed by atoms with Crippen LogP contribution in [0, 0.1) is 20.8 Å². The van der Waals surface area contributed by atoms with Gasteiger partial charge in [0.1, 0.15) is 0 Å². The number of nitrogens with one attached hydrogen (secondary N) is 2. The van der Waals surface area contributed by atoms with Crippen molar-refractivity contribution in [2.45, 2.75) is 33.7 Å². The fourth-order valence-electron chi connectivity index (χ4n) is 2.45. The molecule has 112 valence electrons. The highest BCUT2D eigenvalue weighted by molar-refractivity contribution is 7.12. The first-order valence-corrected chi connectivity index (χ1v) is 7.90. The third-order valence-corrected chi connectivity index (χ3v) is 4.63. The summed E-state index contributed by atoms with van der Waals surface area (Å²) >= 11 is 1.82. The quantitative estimate of drug-likeness (QED) is 0.888. The molecule has 2 N–H and O–H groups in total. The molecule has 1 atom stereocenters. The van der Waals surface area contributed by atoms with Gasteiger partial charge in [0.15, 0.2) is 0 Å². The van der Waals surface area contributed by atoms with Crippen LogP contribution in [0.1, 0.15) is 44.2 Å². The molecule has 0 saturated carbocycles. The van der Waals surface area contributed by atoms with Gasteiger partial charge in [0.05, 0.1) is 0 Å². The lowest BCUT2D eigenvalue weighted by Gasteiger charge is -2.18. The molecule has 1 unspecified atom stereocenters. The molecule has 4 heteroatoms. The number of amides is 1. The second-order valence-corrected chi connectivity index (χ2v) is 6.80. The monoisotopic (exact) mass is 302 g/mol. The van der Waals surface area contributed by atoms with Gasteiger partial charge in [0.2, 0.25) is 0 Å². The minimum atomic E-state index is -0.0618. The van der Waals surface area contributed by atoms with Crippen molar-refractivity contribution in [1.29, 1.82) is 0 Å². The predicted octanol–water partition coefficient (Wildman–Crippen LogP) is 4.21. The lowest BCUT2D eigenvalue weighted by atomic mass is 10.1. The van der Waals surface area contributed by atoms with E-state index in [4.69, 9.17) is 0 Å². The summed E-state index contributed by atoms with van der Waals surface area (Å²) in [4.78, 5) is 14.4. The molecule has 2 aromatic rings. The Balaban J connectivity index is 2.26. The first kappa shape index (κ1) is 15.6. The normalized spacial score (nSPS) is 12.0. The molecule has 21 heavy (non-hydrogen) atoms. The van der Waals surface area contributed by atoms with Crippen LogP contribution in [0.3, 0.4) is 0 Å². The zero-order valence-electron chi connectivity index (χ0n) is 13.2. The highest BCUT2D eigenvalue weighted by Gasteiger charge is 2.13. The Bertz CT molecular complexity index is 661. The van der Waals surface area contributed by atoms with Crippen LogP contribution < -0.4 is 10.6 Å². The zero-order valence-corrected chi connectivity index (χ0v) is 14.0. The molecule has 0 bridgehead atoms. The summed E-state index contributed by atoms with van der Waals surface area (Å²) in [6.45, 7) is 8.49. The zero-order chi connectivity index (χ0) is 15.6. The van der Waals surface area contributed by atoms with E-state index < -0.39 is 0 Å². The third kappa shape index (κ3) is 3.45.